The number of halogens is 2. The van der Waals surface area contributed by atoms with Gasteiger partial charge in [0.05, 0.1) is 17.6 Å². The van der Waals surface area contributed by atoms with Crippen LogP contribution in [0.2, 0.25) is 0 Å². The van der Waals surface area contributed by atoms with Crippen molar-refractivity contribution in [1.29, 1.82) is 0 Å². The lowest BCUT2D eigenvalue weighted by Crippen LogP contribution is -2.10. The second kappa shape index (κ2) is 4.93. The first-order valence-electron chi connectivity index (χ1n) is 5.71. The van der Waals surface area contributed by atoms with E-state index in [0.717, 1.165) is 6.07 Å². The molecule has 18 heavy (non-hydrogen) atoms. The average molecular weight is 276 g/mol. The molecule has 1 aromatic carbocycles. The van der Waals surface area contributed by atoms with Gasteiger partial charge in [-0.15, -0.1) is 0 Å². The zero-order valence-corrected chi connectivity index (χ0v) is 10.5. The number of aliphatic hydroxyl groups is 1. The first kappa shape index (κ1) is 13.4. The Labute approximate surface area is 104 Å². The summed E-state index contributed by atoms with van der Waals surface area (Å²) in [4.78, 5) is 0. The molecule has 1 aliphatic heterocycles. The molecule has 1 aromatic rings. The smallest absolute Gasteiger partial charge is 0.150 e. The quantitative estimate of drug-likeness (QED) is 0.916. The molecular weight excluding hydrogens is 262 g/mol. The van der Waals surface area contributed by atoms with Gasteiger partial charge in [-0.3, -0.25) is 0 Å². The molecule has 1 heterocycles. The molecule has 0 bridgehead atoms. The van der Waals surface area contributed by atoms with Gasteiger partial charge in [0.2, 0.25) is 0 Å². The van der Waals surface area contributed by atoms with E-state index in [1.807, 2.05) is 0 Å². The van der Waals surface area contributed by atoms with Crippen molar-refractivity contribution in [3.8, 4) is 0 Å². The number of hydrogen-bond donors (Lipinski definition) is 1. The van der Waals surface area contributed by atoms with E-state index in [1.54, 1.807) is 0 Å². The predicted molar refractivity (Wildman–Crippen MR) is 62.7 cm³/mol. The van der Waals surface area contributed by atoms with Crippen molar-refractivity contribution in [2.24, 2.45) is 5.92 Å². The summed E-state index contributed by atoms with van der Waals surface area (Å²) in [6.45, 7) is 0. The van der Waals surface area contributed by atoms with E-state index < -0.39 is 27.6 Å². The third-order valence-corrected chi connectivity index (χ3v) is 5.04. The topological polar surface area (TPSA) is 54.4 Å². The summed E-state index contributed by atoms with van der Waals surface area (Å²) in [6.07, 6.45) is -0.423. The molecule has 3 nitrogen and oxygen atoms in total. The van der Waals surface area contributed by atoms with Crippen LogP contribution in [0.1, 0.15) is 24.5 Å². The standard InChI is InChI=1S/C12H14F2O3S/c13-9-1-2-10(11(14)6-9)12(15)5-8-3-4-18(16,17)7-8/h1-2,6,8,12,15H,3-5,7H2. The van der Waals surface area contributed by atoms with Crippen LogP contribution in [0.5, 0.6) is 0 Å². The fourth-order valence-electron chi connectivity index (χ4n) is 2.27. The molecule has 2 unspecified atom stereocenters. The summed E-state index contributed by atoms with van der Waals surface area (Å²) >= 11 is 0. The Balaban J connectivity index is 2.06. The molecule has 0 amide bonds. The lowest BCUT2D eigenvalue weighted by Gasteiger charge is -2.15. The van der Waals surface area contributed by atoms with Crippen molar-refractivity contribution in [3.05, 3.63) is 35.4 Å². The Morgan fingerprint density at radius 1 is 1.39 bits per heavy atom. The molecule has 100 valence electrons. The fourth-order valence-corrected chi connectivity index (χ4v) is 4.15. The number of benzene rings is 1. The molecule has 6 heteroatoms. The van der Waals surface area contributed by atoms with Gasteiger partial charge in [-0.25, -0.2) is 17.2 Å². The van der Waals surface area contributed by atoms with Gasteiger partial charge >= 0.3 is 0 Å². The molecule has 2 rings (SSSR count). The zero-order chi connectivity index (χ0) is 13.3. The van der Waals surface area contributed by atoms with Gasteiger partial charge in [-0.2, -0.15) is 0 Å². The molecule has 1 fully saturated rings. The SMILES string of the molecule is O=S1(=O)CCC(CC(O)c2ccc(F)cc2F)C1. The first-order chi connectivity index (χ1) is 8.37. The van der Waals surface area contributed by atoms with Gasteiger partial charge in [0.1, 0.15) is 11.6 Å². The Morgan fingerprint density at radius 2 is 2.11 bits per heavy atom. The minimum atomic E-state index is -3.00. The van der Waals surface area contributed by atoms with Crippen LogP contribution in [0.15, 0.2) is 18.2 Å². The minimum absolute atomic E-state index is 0.0145. The van der Waals surface area contributed by atoms with E-state index in [1.165, 1.54) is 6.07 Å². The second-order valence-corrected chi connectivity index (χ2v) is 6.92. The zero-order valence-electron chi connectivity index (χ0n) is 9.64. The summed E-state index contributed by atoms with van der Waals surface area (Å²) in [5.41, 5.74) is 0.0145. The summed E-state index contributed by atoms with van der Waals surface area (Å²) < 4.78 is 48.7. The Morgan fingerprint density at radius 3 is 2.67 bits per heavy atom. The van der Waals surface area contributed by atoms with Crippen molar-refractivity contribution in [3.63, 3.8) is 0 Å². The average Bonchev–Trinajstić information content (AvgIpc) is 2.57. The number of sulfone groups is 1. The molecule has 0 aliphatic carbocycles. The summed E-state index contributed by atoms with van der Waals surface area (Å²) in [7, 11) is -3.00. The fraction of sp³-hybridized carbons (Fsp3) is 0.500. The van der Waals surface area contributed by atoms with E-state index in [2.05, 4.69) is 0 Å². The van der Waals surface area contributed by atoms with E-state index in [-0.39, 0.29) is 29.4 Å². The van der Waals surface area contributed by atoms with E-state index >= 15 is 0 Å². The monoisotopic (exact) mass is 276 g/mol. The molecule has 0 aromatic heterocycles. The van der Waals surface area contributed by atoms with Gasteiger partial charge in [-0.05, 0) is 24.8 Å². The second-order valence-electron chi connectivity index (χ2n) is 4.69. The predicted octanol–water partition coefficient (Wildman–Crippen LogP) is 1.82. The number of aliphatic hydroxyl groups excluding tert-OH is 1. The van der Waals surface area contributed by atoms with Crippen molar-refractivity contribution >= 4 is 9.84 Å². The molecule has 0 spiro atoms. The van der Waals surface area contributed by atoms with Crippen LogP contribution >= 0.6 is 0 Å². The van der Waals surface area contributed by atoms with Gasteiger partial charge in [-0.1, -0.05) is 6.07 Å². The van der Waals surface area contributed by atoms with Crippen molar-refractivity contribution < 1.29 is 22.3 Å². The summed E-state index contributed by atoms with van der Waals surface area (Å²) in [5.74, 6) is -1.51. The van der Waals surface area contributed by atoms with Crippen LogP contribution in [-0.2, 0) is 9.84 Å². The Kier molecular flexibility index (Phi) is 3.68. The molecule has 0 radical (unpaired) electrons. The maximum Gasteiger partial charge on any atom is 0.150 e. The molecule has 1 N–H and O–H groups in total. The molecule has 0 saturated carbocycles. The maximum atomic E-state index is 13.4. The van der Waals surface area contributed by atoms with Gasteiger partial charge < -0.3 is 5.11 Å². The van der Waals surface area contributed by atoms with Crippen molar-refractivity contribution in [1.82, 2.24) is 0 Å². The molecule has 1 aliphatic rings. The summed E-state index contributed by atoms with van der Waals surface area (Å²) in [5, 5.41) is 9.87. The first-order valence-corrected chi connectivity index (χ1v) is 7.53. The van der Waals surface area contributed by atoms with Crippen molar-refractivity contribution in [2.45, 2.75) is 18.9 Å². The number of hydrogen-bond acceptors (Lipinski definition) is 3. The maximum absolute atomic E-state index is 13.4. The molecule has 2 atom stereocenters. The third-order valence-electron chi connectivity index (χ3n) is 3.20. The normalized spacial score (nSPS) is 24.1. The van der Waals surface area contributed by atoms with Gasteiger partial charge in [0.15, 0.2) is 9.84 Å². The van der Waals surface area contributed by atoms with Crippen molar-refractivity contribution in [2.75, 3.05) is 11.5 Å². The van der Waals surface area contributed by atoms with Crippen LogP contribution in [0.25, 0.3) is 0 Å². The van der Waals surface area contributed by atoms with Gasteiger partial charge in [0.25, 0.3) is 0 Å². The lowest BCUT2D eigenvalue weighted by molar-refractivity contribution is 0.144. The third kappa shape index (κ3) is 3.05. The van der Waals surface area contributed by atoms with Crippen LogP contribution in [0.4, 0.5) is 8.78 Å². The van der Waals surface area contributed by atoms with Crippen LogP contribution in [0, 0.1) is 17.6 Å². The number of rotatable bonds is 3. The molecule has 1 saturated heterocycles. The van der Waals surface area contributed by atoms with E-state index in [9.17, 15) is 22.3 Å². The lowest BCUT2D eigenvalue weighted by atomic mass is 9.96. The highest BCUT2D eigenvalue weighted by atomic mass is 32.2. The largest absolute Gasteiger partial charge is 0.388 e. The van der Waals surface area contributed by atoms with Gasteiger partial charge in [0, 0.05) is 11.6 Å². The van der Waals surface area contributed by atoms with Crippen LogP contribution < -0.4 is 0 Å². The summed E-state index contributed by atoms with van der Waals surface area (Å²) in [6, 6.07) is 2.98. The molecular formula is C12H14F2O3S. The minimum Gasteiger partial charge on any atom is -0.388 e. The Bertz CT molecular complexity index is 542. The van der Waals surface area contributed by atoms with E-state index in [0.29, 0.717) is 12.5 Å². The highest BCUT2D eigenvalue weighted by molar-refractivity contribution is 7.91. The van der Waals surface area contributed by atoms with Crippen LogP contribution in [0.3, 0.4) is 0 Å². The Hall–Kier alpha value is -1.01. The highest BCUT2D eigenvalue weighted by Gasteiger charge is 2.30. The van der Waals surface area contributed by atoms with E-state index in [4.69, 9.17) is 0 Å². The highest BCUT2D eigenvalue weighted by Crippen LogP contribution is 2.30. The van der Waals surface area contributed by atoms with Crippen LogP contribution in [-0.4, -0.2) is 25.0 Å².